The number of rotatable bonds is 6. The molecule has 1 heterocycles. The minimum Gasteiger partial charge on any atom is -0.306 e. The van der Waals surface area contributed by atoms with Crippen molar-refractivity contribution in [3.8, 4) is 0 Å². The summed E-state index contributed by atoms with van der Waals surface area (Å²) in [6.07, 6.45) is 1.57. The number of hydrogen-bond acceptors (Lipinski definition) is 3. The van der Waals surface area contributed by atoms with Crippen LogP contribution in [0.2, 0.25) is 0 Å². The largest absolute Gasteiger partial charge is 0.306 e. The first-order valence-electron chi connectivity index (χ1n) is 6.57. The molecule has 2 rings (SSSR count). The Bertz CT molecular complexity index is 568. The summed E-state index contributed by atoms with van der Waals surface area (Å²) < 4.78 is 16.0. The fourth-order valence-electron chi connectivity index (χ4n) is 1.91. The zero-order valence-electron chi connectivity index (χ0n) is 11.6. The van der Waals surface area contributed by atoms with Crippen LogP contribution in [0.4, 0.5) is 4.39 Å². The molecule has 0 radical (unpaired) electrons. The number of nitrogens with one attached hydrogen (secondary N) is 1. The summed E-state index contributed by atoms with van der Waals surface area (Å²) in [5, 5.41) is 7.48. The third-order valence-corrected chi connectivity index (χ3v) is 3.61. The third kappa shape index (κ3) is 4.11. The summed E-state index contributed by atoms with van der Waals surface area (Å²) in [6, 6.07) is 4.68. The molecule has 0 aliphatic carbocycles. The molecule has 0 aliphatic rings. The lowest BCUT2D eigenvalue weighted by Gasteiger charge is -2.10. The molecule has 0 unspecified atom stereocenters. The predicted molar refractivity (Wildman–Crippen MR) is 79.5 cm³/mol. The molecule has 0 fully saturated rings. The molecule has 0 bridgehead atoms. The average molecular weight is 341 g/mol. The van der Waals surface area contributed by atoms with E-state index in [0.717, 1.165) is 22.4 Å². The van der Waals surface area contributed by atoms with Crippen LogP contribution in [0.25, 0.3) is 0 Å². The predicted octanol–water partition coefficient (Wildman–Crippen LogP) is 3.13. The van der Waals surface area contributed by atoms with Gasteiger partial charge in [-0.15, -0.1) is 0 Å². The molecule has 0 spiro atoms. The zero-order valence-corrected chi connectivity index (χ0v) is 13.2. The summed E-state index contributed by atoms with van der Waals surface area (Å²) in [5.41, 5.74) is 0.889. The van der Waals surface area contributed by atoms with Crippen LogP contribution >= 0.6 is 15.9 Å². The highest BCUT2D eigenvalue weighted by molar-refractivity contribution is 9.10. The maximum Gasteiger partial charge on any atom is 0.140 e. The highest BCUT2D eigenvalue weighted by Gasteiger charge is 2.07. The Kier molecular flexibility index (Phi) is 5.25. The Morgan fingerprint density at radius 2 is 2.15 bits per heavy atom. The second-order valence-electron chi connectivity index (χ2n) is 5.09. The Hall–Kier alpha value is -1.27. The third-order valence-electron chi connectivity index (χ3n) is 2.84. The normalized spacial score (nSPS) is 11.2. The summed E-state index contributed by atoms with van der Waals surface area (Å²) >= 11 is 3.42. The van der Waals surface area contributed by atoms with Crippen molar-refractivity contribution in [2.45, 2.75) is 33.5 Å². The van der Waals surface area contributed by atoms with E-state index in [1.54, 1.807) is 12.4 Å². The van der Waals surface area contributed by atoms with E-state index in [1.807, 2.05) is 4.68 Å². The molecule has 108 valence electrons. The number of halogens is 2. The molecular formula is C14H18BrFN4. The van der Waals surface area contributed by atoms with Crippen molar-refractivity contribution in [3.05, 3.63) is 46.2 Å². The average Bonchev–Trinajstić information content (AvgIpc) is 2.80. The van der Waals surface area contributed by atoms with Crippen LogP contribution in [0.1, 0.15) is 25.2 Å². The van der Waals surface area contributed by atoms with Crippen LogP contribution in [0.5, 0.6) is 0 Å². The monoisotopic (exact) mass is 340 g/mol. The summed E-state index contributed by atoms with van der Waals surface area (Å²) in [7, 11) is 0. The molecule has 1 aromatic heterocycles. The van der Waals surface area contributed by atoms with Crippen LogP contribution in [0.3, 0.4) is 0 Å². The van der Waals surface area contributed by atoms with Gasteiger partial charge in [-0.1, -0.05) is 29.8 Å². The van der Waals surface area contributed by atoms with Gasteiger partial charge in [-0.2, -0.15) is 5.10 Å². The molecule has 0 atom stereocenters. The van der Waals surface area contributed by atoms with E-state index in [2.05, 4.69) is 45.2 Å². The number of benzene rings is 1. The van der Waals surface area contributed by atoms with Crippen molar-refractivity contribution >= 4 is 15.9 Å². The first-order valence-corrected chi connectivity index (χ1v) is 7.37. The van der Waals surface area contributed by atoms with E-state index in [0.29, 0.717) is 19.0 Å². The molecule has 6 heteroatoms. The maximum absolute atomic E-state index is 13.2. The highest BCUT2D eigenvalue weighted by Crippen LogP contribution is 2.17. The van der Waals surface area contributed by atoms with Crippen molar-refractivity contribution < 1.29 is 4.39 Å². The molecule has 0 saturated heterocycles. The quantitative estimate of drug-likeness (QED) is 0.878. The second kappa shape index (κ2) is 6.95. The fourth-order valence-corrected chi connectivity index (χ4v) is 2.30. The molecular weight excluding hydrogens is 323 g/mol. The van der Waals surface area contributed by atoms with Crippen LogP contribution in [-0.2, 0) is 19.6 Å². The lowest BCUT2D eigenvalue weighted by atomic mass is 10.2. The number of hydrogen-bond donors (Lipinski definition) is 1. The molecule has 4 nitrogen and oxygen atoms in total. The molecule has 20 heavy (non-hydrogen) atoms. The van der Waals surface area contributed by atoms with Gasteiger partial charge in [0, 0.05) is 17.6 Å². The van der Waals surface area contributed by atoms with Gasteiger partial charge < -0.3 is 5.32 Å². The van der Waals surface area contributed by atoms with E-state index in [1.165, 1.54) is 12.1 Å². The van der Waals surface area contributed by atoms with Gasteiger partial charge in [-0.25, -0.2) is 14.1 Å². The van der Waals surface area contributed by atoms with Gasteiger partial charge in [-0.3, -0.25) is 0 Å². The maximum atomic E-state index is 13.2. The Morgan fingerprint density at radius 1 is 1.35 bits per heavy atom. The van der Waals surface area contributed by atoms with E-state index in [4.69, 9.17) is 0 Å². The Morgan fingerprint density at radius 3 is 2.90 bits per heavy atom. The van der Waals surface area contributed by atoms with Gasteiger partial charge in [0.15, 0.2) is 0 Å². The zero-order chi connectivity index (χ0) is 14.5. The van der Waals surface area contributed by atoms with Crippen molar-refractivity contribution in [1.82, 2.24) is 20.1 Å². The lowest BCUT2D eigenvalue weighted by Crippen LogP contribution is -2.19. The van der Waals surface area contributed by atoms with Crippen molar-refractivity contribution in [1.29, 1.82) is 0 Å². The lowest BCUT2D eigenvalue weighted by molar-refractivity contribution is 0.457. The first-order chi connectivity index (χ1) is 9.56. The van der Waals surface area contributed by atoms with Crippen molar-refractivity contribution in [2.24, 2.45) is 5.92 Å². The van der Waals surface area contributed by atoms with Gasteiger partial charge >= 0.3 is 0 Å². The standard InChI is InChI=1S/C14H18BrFN4/c1-10(2)8-20-14(18-9-19-20)7-17-6-11-5-12(16)3-4-13(11)15/h3-5,9-10,17H,6-8H2,1-2H3. The molecule has 0 saturated carbocycles. The van der Waals surface area contributed by atoms with Gasteiger partial charge in [0.25, 0.3) is 0 Å². The van der Waals surface area contributed by atoms with E-state index in [-0.39, 0.29) is 5.82 Å². The smallest absolute Gasteiger partial charge is 0.140 e. The molecule has 0 aliphatic heterocycles. The highest BCUT2D eigenvalue weighted by atomic mass is 79.9. The van der Waals surface area contributed by atoms with E-state index in [9.17, 15) is 4.39 Å². The minimum absolute atomic E-state index is 0.229. The van der Waals surface area contributed by atoms with Crippen LogP contribution in [-0.4, -0.2) is 14.8 Å². The summed E-state index contributed by atoms with van der Waals surface area (Å²) in [6.45, 7) is 6.31. The topological polar surface area (TPSA) is 42.7 Å². The Labute approximate surface area is 126 Å². The first kappa shape index (κ1) is 15.1. The fraction of sp³-hybridized carbons (Fsp3) is 0.429. The van der Waals surface area contributed by atoms with E-state index >= 15 is 0 Å². The van der Waals surface area contributed by atoms with Gasteiger partial charge in [0.05, 0.1) is 6.54 Å². The number of aromatic nitrogens is 3. The SMILES string of the molecule is CC(C)Cn1ncnc1CNCc1cc(F)ccc1Br. The Balaban J connectivity index is 1.93. The van der Waals surface area contributed by atoms with Gasteiger partial charge in [-0.05, 0) is 29.7 Å². The summed E-state index contributed by atoms with van der Waals surface area (Å²) in [4.78, 5) is 4.24. The minimum atomic E-state index is -0.229. The van der Waals surface area contributed by atoms with Gasteiger partial charge in [0.1, 0.15) is 18.0 Å². The molecule has 0 amide bonds. The molecule has 2 aromatic rings. The number of nitrogens with zero attached hydrogens (tertiary/aromatic N) is 3. The summed E-state index contributed by atoms with van der Waals surface area (Å²) in [5.74, 6) is 1.19. The molecule has 1 N–H and O–H groups in total. The van der Waals surface area contributed by atoms with Crippen molar-refractivity contribution in [3.63, 3.8) is 0 Å². The second-order valence-corrected chi connectivity index (χ2v) is 5.95. The molecule has 1 aromatic carbocycles. The van der Waals surface area contributed by atoms with Crippen LogP contribution in [0, 0.1) is 11.7 Å². The van der Waals surface area contributed by atoms with Crippen LogP contribution in [0.15, 0.2) is 29.0 Å². The van der Waals surface area contributed by atoms with E-state index < -0.39 is 0 Å². The van der Waals surface area contributed by atoms with Gasteiger partial charge in [0.2, 0.25) is 0 Å². The van der Waals surface area contributed by atoms with Crippen molar-refractivity contribution in [2.75, 3.05) is 0 Å². The van der Waals surface area contributed by atoms with Crippen LogP contribution < -0.4 is 5.32 Å².